The summed E-state index contributed by atoms with van der Waals surface area (Å²) in [5.74, 6) is 2.22. The molecule has 1 fully saturated rings. The van der Waals surface area contributed by atoms with Crippen LogP contribution in [0.1, 0.15) is 23.2 Å². The number of pyridine rings is 1. The smallest absolute Gasteiger partial charge is 0.255 e. The molecule has 0 radical (unpaired) electrons. The minimum absolute atomic E-state index is 0.0119. The van der Waals surface area contributed by atoms with E-state index in [1.54, 1.807) is 18.3 Å². The number of hydrogen-bond donors (Lipinski definition) is 3. The number of aromatic amines is 1. The van der Waals surface area contributed by atoms with E-state index in [0.717, 1.165) is 54.9 Å². The Labute approximate surface area is 180 Å². The van der Waals surface area contributed by atoms with Crippen molar-refractivity contribution in [2.24, 2.45) is 5.92 Å². The molecular weight excluding hydrogens is 394 g/mol. The molecule has 0 aliphatic carbocycles. The molecule has 4 heterocycles. The maximum absolute atomic E-state index is 12.3. The second kappa shape index (κ2) is 8.47. The summed E-state index contributed by atoms with van der Waals surface area (Å²) < 4.78 is 12.3. The Morgan fingerprint density at radius 2 is 2.13 bits per heavy atom. The zero-order chi connectivity index (χ0) is 21.2. The Balaban J connectivity index is 1.10. The van der Waals surface area contributed by atoms with Crippen molar-refractivity contribution in [1.29, 1.82) is 0 Å². The molecule has 31 heavy (non-hydrogen) atoms. The van der Waals surface area contributed by atoms with Crippen molar-refractivity contribution < 1.29 is 14.3 Å². The van der Waals surface area contributed by atoms with Crippen LogP contribution in [0.25, 0.3) is 10.9 Å². The van der Waals surface area contributed by atoms with Crippen LogP contribution in [0.4, 0.5) is 5.82 Å². The van der Waals surface area contributed by atoms with Gasteiger partial charge in [0.1, 0.15) is 18.5 Å². The van der Waals surface area contributed by atoms with Gasteiger partial charge in [-0.1, -0.05) is 0 Å². The highest BCUT2D eigenvalue weighted by Gasteiger charge is 2.27. The fourth-order valence-electron chi connectivity index (χ4n) is 4.40. The van der Waals surface area contributed by atoms with Gasteiger partial charge in [0.15, 0.2) is 11.5 Å². The fourth-order valence-corrected chi connectivity index (χ4v) is 4.40. The third-order valence-corrected chi connectivity index (χ3v) is 6.16. The van der Waals surface area contributed by atoms with Gasteiger partial charge in [0, 0.05) is 36.4 Å². The molecule has 4 N–H and O–H groups in total. The van der Waals surface area contributed by atoms with Gasteiger partial charge in [-0.05, 0) is 62.2 Å². The lowest BCUT2D eigenvalue weighted by Gasteiger charge is -2.35. The summed E-state index contributed by atoms with van der Waals surface area (Å²) in [5.41, 5.74) is 7.28. The number of nitrogens with two attached hydrogens (primary N) is 1. The number of H-pyrrole nitrogens is 1. The number of benzene rings is 1. The van der Waals surface area contributed by atoms with Crippen molar-refractivity contribution in [3.05, 3.63) is 48.3 Å². The lowest BCUT2D eigenvalue weighted by Crippen LogP contribution is -2.45. The summed E-state index contributed by atoms with van der Waals surface area (Å²) >= 11 is 0. The van der Waals surface area contributed by atoms with E-state index in [9.17, 15) is 4.79 Å². The van der Waals surface area contributed by atoms with E-state index in [1.165, 1.54) is 0 Å². The molecule has 5 rings (SSSR count). The Bertz CT molecular complexity index is 1070. The van der Waals surface area contributed by atoms with Crippen LogP contribution >= 0.6 is 0 Å². The van der Waals surface area contributed by atoms with E-state index in [-0.39, 0.29) is 17.8 Å². The van der Waals surface area contributed by atoms with Gasteiger partial charge in [-0.3, -0.25) is 9.69 Å². The first kappa shape index (κ1) is 19.7. The molecule has 2 aliphatic rings. The van der Waals surface area contributed by atoms with Crippen LogP contribution in [0.5, 0.6) is 11.5 Å². The Morgan fingerprint density at radius 1 is 1.26 bits per heavy atom. The largest absolute Gasteiger partial charge is 0.486 e. The van der Waals surface area contributed by atoms with Crippen LogP contribution in [0.3, 0.4) is 0 Å². The first-order chi connectivity index (χ1) is 15.2. The maximum Gasteiger partial charge on any atom is 0.255 e. The fraction of sp³-hybridized carbons (Fsp3) is 0.391. The van der Waals surface area contributed by atoms with Gasteiger partial charge in [-0.15, -0.1) is 0 Å². The van der Waals surface area contributed by atoms with Gasteiger partial charge in [0.2, 0.25) is 0 Å². The van der Waals surface area contributed by atoms with Crippen molar-refractivity contribution in [1.82, 2.24) is 20.2 Å². The number of nitrogens with zero attached hydrogens (tertiary/aromatic N) is 2. The molecule has 1 saturated heterocycles. The lowest BCUT2D eigenvalue weighted by atomic mass is 9.96. The number of carbonyl (C=O) groups excluding carboxylic acids is 1. The number of piperidine rings is 1. The summed E-state index contributed by atoms with van der Waals surface area (Å²) in [7, 11) is 0. The summed E-state index contributed by atoms with van der Waals surface area (Å²) in [6.45, 7) is 4.02. The number of anilines is 1. The molecule has 8 heteroatoms. The molecule has 8 nitrogen and oxygen atoms in total. The number of likely N-dealkylation sites (tertiary alicyclic amines) is 1. The SMILES string of the molecule is Nc1ncccc1C(=O)NCC1CCN(CC2COc3ccc4[nH]ccc4c3O2)CC1. The summed E-state index contributed by atoms with van der Waals surface area (Å²) in [6, 6.07) is 9.43. The van der Waals surface area contributed by atoms with Crippen LogP contribution in [0, 0.1) is 5.92 Å². The summed E-state index contributed by atoms with van der Waals surface area (Å²) in [5, 5.41) is 4.07. The van der Waals surface area contributed by atoms with E-state index < -0.39 is 0 Å². The highest BCUT2D eigenvalue weighted by atomic mass is 16.6. The number of rotatable bonds is 5. The molecule has 2 aromatic heterocycles. The lowest BCUT2D eigenvalue weighted by molar-refractivity contribution is 0.0490. The molecule has 2 aliphatic heterocycles. The summed E-state index contributed by atoms with van der Waals surface area (Å²) in [4.78, 5) is 22.0. The highest BCUT2D eigenvalue weighted by Crippen LogP contribution is 2.38. The van der Waals surface area contributed by atoms with Crippen molar-refractivity contribution in [2.75, 3.05) is 38.5 Å². The number of ether oxygens (including phenoxy) is 2. The first-order valence-corrected chi connectivity index (χ1v) is 10.8. The van der Waals surface area contributed by atoms with Crippen LogP contribution in [0.15, 0.2) is 42.7 Å². The second-order valence-electron chi connectivity index (χ2n) is 8.27. The van der Waals surface area contributed by atoms with Crippen LogP contribution < -0.4 is 20.5 Å². The number of carbonyl (C=O) groups is 1. The van der Waals surface area contributed by atoms with E-state index in [4.69, 9.17) is 15.2 Å². The Morgan fingerprint density at radius 3 is 2.97 bits per heavy atom. The number of amides is 1. The number of nitrogen functional groups attached to an aromatic ring is 1. The first-order valence-electron chi connectivity index (χ1n) is 10.8. The van der Waals surface area contributed by atoms with Gasteiger partial charge >= 0.3 is 0 Å². The Hall–Kier alpha value is -3.26. The van der Waals surface area contributed by atoms with Crippen LogP contribution in [-0.4, -0.2) is 59.7 Å². The van der Waals surface area contributed by atoms with Gasteiger partial charge in [0.25, 0.3) is 5.91 Å². The number of aromatic nitrogens is 2. The van der Waals surface area contributed by atoms with Gasteiger partial charge in [0.05, 0.1) is 5.56 Å². The highest BCUT2D eigenvalue weighted by molar-refractivity contribution is 5.98. The molecule has 1 amide bonds. The third-order valence-electron chi connectivity index (χ3n) is 6.16. The topological polar surface area (TPSA) is 105 Å². The zero-order valence-electron chi connectivity index (χ0n) is 17.3. The van der Waals surface area contributed by atoms with Gasteiger partial charge in [-0.25, -0.2) is 4.98 Å². The minimum Gasteiger partial charge on any atom is -0.486 e. The average Bonchev–Trinajstić information content (AvgIpc) is 3.28. The van der Waals surface area contributed by atoms with Crippen molar-refractivity contribution in [2.45, 2.75) is 18.9 Å². The summed E-state index contributed by atoms with van der Waals surface area (Å²) in [6.07, 6.45) is 5.59. The van der Waals surface area contributed by atoms with Crippen molar-refractivity contribution >= 4 is 22.6 Å². The van der Waals surface area contributed by atoms with Gasteiger partial charge in [-0.2, -0.15) is 0 Å². The molecule has 1 unspecified atom stereocenters. The van der Waals surface area contributed by atoms with E-state index in [2.05, 4.69) is 20.2 Å². The molecule has 1 aromatic carbocycles. The number of fused-ring (bicyclic) bond motifs is 3. The van der Waals surface area contributed by atoms with Crippen molar-refractivity contribution in [3.63, 3.8) is 0 Å². The third kappa shape index (κ3) is 4.16. The maximum atomic E-state index is 12.3. The number of nitrogens with one attached hydrogen (secondary N) is 2. The Kier molecular flexibility index (Phi) is 5.38. The molecule has 1 atom stereocenters. The van der Waals surface area contributed by atoms with E-state index in [0.29, 0.717) is 24.6 Å². The second-order valence-corrected chi connectivity index (χ2v) is 8.27. The van der Waals surface area contributed by atoms with Crippen LogP contribution in [-0.2, 0) is 0 Å². The molecule has 0 bridgehead atoms. The zero-order valence-corrected chi connectivity index (χ0v) is 17.3. The predicted octanol–water partition coefficient (Wildman–Crippen LogP) is 2.43. The van der Waals surface area contributed by atoms with Crippen LogP contribution in [0.2, 0.25) is 0 Å². The minimum atomic E-state index is -0.157. The predicted molar refractivity (Wildman–Crippen MR) is 118 cm³/mol. The molecular formula is C23H27N5O3. The quantitative estimate of drug-likeness (QED) is 0.584. The molecule has 0 spiro atoms. The number of hydrogen-bond acceptors (Lipinski definition) is 6. The van der Waals surface area contributed by atoms with Crippen molar-refractivity contribution in [3.8, 4) is 11.5 Å². The normalized spacial score (nSPS) is 19.4. The molecule has 3 aromatic rings. The molecule has 162 valence electrons. The average molecular weight is 422 g/mol. The van der Waals surface area contributed by atoms with Gasteiger partial charge < -0.3 is 25.5 Å². The van der Waals surface area contributed by atoms with E-state index >= 15 is 0 Å². The molecule has 0 saturated carbocycles. The standard InChI is InChI=1S/C23H27N5O3/c24-22-18(2-1-8-26-22)23(29)27-12-15-6-10-28(11-7-15)13-16-14-30-20-4-3-19-17(5-9-25-19)21(20)31-16/h1-5,8-9,15-16,25H,6-7,10-14H2,(H2,24,26)(H,27,29). The van der Waals surface area contributed by atoms with E-state index in [1.807, 2.05) is 24.4 Å². The monoisotopic (exact) mass is 421 g/mol.